The van der Waals surface area contributed by atoms with Crippen LogP contribution in [0.2, 0.25) is 0 Å². The van der Waals surface area contributed by atoms with Crippen molar-refractivity contribution in [3.05, 3.63) is 22.4 Å². The Balaban J connectivity index is 2.71. The van der Waals surface area contributed by atoms with Crippen LogP contribution in [0.4, 0.5) is 0 Å². The quantitative estimate of drug-likeness (QED) is 0.877. The van der Waals surface area contributed by atoms with Gasteiger partial charge in [0.15, 0.2) is 0 Å². The summed E-state index contributed by atoms with van der Waals surface area (Å²) in [7, 11) is 1.81. The lowest BCUT2D eigenvalue weighted by molar-refractivity contribution is -0.134. The molecular weight excluding hydrogens is 220 g/mol. The summed E-state index contributed by atoms with van der Waals surface area (Å²) in [6.07, 6.45) is 0. The number of thiophene rings is 1. The molecule has 1 heterocycles. The van der Waals surface area contributed by atoms with Crippen molar-refractivity contribution in [1.29, 1.82) is 0 Å². The van der Waals surface area contributed by atoms with Gasteiger partial charge in [-0.1, -0.05) is 19.9 Å². The molecule has 90 valence electrons. The Morgan fingerprint density at radius 3 is 2.50 bits per heavy atom. The molecular formula is C12H20N2OS. The van der Waals surface area contributed by atoms with Gasteiger partial charge in [0.25, 0.3) is 0 Å². The summed E-state index contributed by atoms with van der Waals surface area (Å²) in [5.41, 5.74) is 5.86. The van der Waals surface area contributed by atoms with Gasteiger partial charge in [-0.2, -0.15) is 0 Å². The van der Waals surface area contributed by atoms with Gasteiger partial charge in [0.1, 0.15) is 0 Å². The van der Waals surface area contributed by atoms with E-state index in [-0.39, 0.29) is 17.9 Å². The molecule has 1 aromatic rings. The van der Waals surface area contributed by atoms with E-state index in [2.05, 4.69) is 0 Å². The zero-order valence-electron chi connectivity index (χ0n) is 10.3. The molecule has 0 aliphatic heterocycles. The molecule has 1 unspecified atom stereocenters. The maximum absolute atomic E-state index is 12.0. The second-order valence-electron chi connectivity index (χ2n) is 4.41. The number of amides is 1. The van der Waals surface area contributed by atoms with Crippen molar-refractivity contribution in [2.75, 3.05) is 7.05 Å². The number of nitrogens with two attached hydrogens (primary N) is 1. The molecule has 1 rings (SSSR count). The van der Waals surface area contributed by atoms with E-state index in [1.165, 1.54) is 4.88 Å². The first kappa shape index (κ1) is 13.2. The van der Waals surface area contributed by atoms with E-state index in [9.17, 15) is 4.79 Å². The molecule has 0 saturated carbocycles. The van der Waals surface area contributed by atoms with Crippen LogP contribution in [-0.2, 0) is 4.79 Å². The van der Waals surface area contributed by atoms with Crippen molar-refractivity contribution in [2.45, 2.75) is 32.9 Å². The van der Waals surface area contributed by atoms with Crippen LogP contribution in [0.1, 0.15) is 31.7 Å². The summed E-state index contributed by atoms with van der Waals surface area (Å²) >= 11 is 1.66. The molecule has 0 aromatic carbocycles. The Hall–Kier alpha value is -0.870. The molecule has 1 aromatic heterocycles. The number of hydrogen-bond acceptors (Lipinski definition) is 3. The fourth-order valence-corrected chi connectivity index (χ4v) is 2.26. The number of carbonyl (C=O) groups is 1. The van der Waals surface area contributed by atoms with Crippen LogP contribution in [0.15, 0.2) is 17.5 Å². The predicted molar refractivity (Wildman–Crippen MR) is 68.3 cm³/mol. The Kier molecular flexibility index (Phi) is 4.50. The molecule has 0 saturated heterocycles. The van der Waals surface area contributed by atoms with Gasteiger partial charge in [-0.25, -0.2) is 0 Å². The average molecular weight is 240 g/mol. The van der Waals surface area contributed by atoms with E-state index in [0.717, 1.165) is 0 Å². The van der Waals surface area contributed by atoms with E-state index in [4.69, 9.17) is 5.73 Å². The van der Waals surface area contributed by atoms with Crippen LogP contribution in [0.5, 0.6) is 0 Å². The lowest BCUT2D eigenvalue weighted by Gasteiger charge is -2.28. The predicted octanol–water partition coefficient (Wildman–Crippen LogP) is 2.25. The van der Waals surface area contributed by atoms with Gasteiger partial charge in [0.2, 0.25) is 5.91 Å². The number of rotatable bonds is 4. The second kappa shape index (κ2) is 5.46. The van der Waals surface area contributed by atoms with Crippen LogP contribution < -0.4 is 5.73 Å². The van der Waals surface area contributed by atoms with Crippen molar-refractivity contribution < 1.29 is 4.79 Å². The molecule has 1 amide bonds. The maximum Gasteiger partial charge on any atom is 0.240 e. The van der Waals surface area contributed by atoms with Gasteiger partial charge in [-0.05, 0) is 24.3 Å². The molecule has 16 heavy (non-hydrogen) atoms. The van der Waals surface area contributed by atoms with Gasteiger partial charge < -0.3 is 10.6 Å². The Morgan fingerprint density at radius 2 is 2.06 bits per heavy atom. The molecule has 4 heteroatoms. The lowest BCUT2D eigenvalue weighted by atomic mass is 10.0. The summed E-state index contributed by atoms with van der Waals surface area (Å²) in [6.45, 7) is 5.95. The molecule has 3 nitrogen and oxygen atoms in total. The lowest BCUT2D eigenvalue weighted by Crippen LogP contribution is -2.45. The van der Waals surface area contributed by atoms with Crippen LogP contribution in [0.3, 0.4) is 0 Å². The summed E-state index contributed by atoms with van der Waals surface area (Å²) in [4.78, 5) is 14.9. The highest BCUT2D eigenvalue weighted by Gasteiger charge is 2.25. The van der Waals surface area contributed by atoms with Crippen LogP contribution in [-0.4, -0.2) is 23.9 Å². The third-order valence-electron chi connectivity index (χ3n) is 2.89. The molecule has 2 N–H and O–H groups in total. The SMILES string of the molecule is CC(C)[C@H](N)C(=O)N(C)C(C)c1cccs1. The summed E-state index contributed by atoms with van der Waals surface area (Å²) in [5.74, 6) is 0.182. The number of hydrogen-bond donors (Lipinski definition) is 1. The van der Waals surface area contributed by atoms with E-state index < -0.39 is 6.04 Å². The summed E-state index contributed by atoms with van der Waals surface area (Å²) in [6, 6.07) is 3.72. The van der Waals surface area contributed by atoms with Gasteiger partial charge in [0, 0.05) is 11.9 Å². The summed E-state index contributed by atoms with van der Waals surface area (Å²) in [5, 5.41) is 2.02. The number of carbonyl (C=O) groups excluding carboxylic acids is 1. The van der Waals surface area contributed by atoms with E-state index >= 15 is 0 Å². The van der Waals surface area contributed by atoms with E-state index in [1.54, 1.807) is 16.2 Å². The second-order valence-corrected chi connectivity index (χ2v) is 5.39. The Labute approximate surface area is 101 Å². The molecule has 0 fully saturated rings. The third kappa shape index (κ3) is 2.83. The first-order valence-electron chi connectivity index (χ1n) is 5.50. The molecule has 0 aliphatic carbocycles. The number of likely N-dealkylation sites (N-methyl/N-ethyl adjacent to an activating group) is 1. The summed E-state index contributed by atoms with van der Waals surface area (Å²) < 4.78 is 0. The standard InChI is InChI=1S/C12H20N2OS/c1-8(2)11(13)12(15)14(4)9(3)10-6-5-7-16-10/h5-9,11H,13H2,1-4H3/t9?,11-/m0/s1. The molecule has 2 atom stereocenters. The van der Waals surface area contributed by atoms with Gasteiger partial charge >= 0.3 is 0 Å². The number of nitrogens with zero attached hydrogens (tertiary/aromatic N) is 1. The van der Waals surface area contributed by atoms with Crippen molar-refractivity contribution in [1.82, 2.24) is 4.90 Å². The highest BCUT2D eigenvalue weighted by Crippen LogP contribution is 2.24. The monoisotopic (exact) mass is 240 g/mol. The van der Waals surface area contributed by atoms with Crippen LogP contribution >= 0.6 is 11.3 Å². The normalized spacial score (nSPS) is 14.9. The average Bonchev–Trinajstić information content (AvgIpc) is 2.78. The first-order chi connectivity index (χ1) is 7.45. The first-order valence-corrected chi connectivity index (χ1v) is 6.38. The highest BCUT2D eigenvalue weighted by atomic mass is 32.1. The van der Waals surface area contributed by atoms with Crippen molar-refractivity contribution in [3.8, 4) is 0 Å². The topological polar surface area (TPSA) is 46.3 Å². The highest BCUT2D eigenvalue weighted by molar-refractivity contribution is 7.10. The van der Waals surface area contributed by atoms with Gasteiger partial charge in [-0.3, -0.25) is 4.79 Å². The van der Waals surface area contributed by atoms with Crippen molar-refractivity contribution in [2.24, 2.45) is 11.7 Å². The van der Waals surface area contributed by atoms with Crippen molar-refractivity contribution >= 4 is 17.2 Å². The Morgan fingerprint density at radius 1 is 1.44 bits per heavy atom. The Bertz CT molecular complexity index is 335. The van der Waals surface area contributed by atoms with Gasteiger partial charge in [0.05, 0.1) is 12.1 Å². The molecule has 0 aliphatic rings. The minimum Gasteiger partial charge on any atom is -0.337 e. The minimum absolute atomic E-state index is 0.0101. The van der Waals surface area contributed by atoms with Crippen LogP contribution in [0.25, 0.3) is 0 Å². The fourth-order valence-electron chi connectivity index (χ4n) is 1.43. The maximum atomic E-state index is 12.0. The fraction of sp³-hybridized carbons (Fsp3) is 0.583. The van der Waals surface area contributed by atoms with Crippen LogP contribution in [0, 0.1) is 5.92 Å². The molecule has 0 spiro atoms. The molecule has 0 radical (unpaired) electrons. The minimum atomic E-state index is -0.410. The molecule has 0 bridgehead atoms. The largest absolute Gasteiger partial charge is 0.337 e. The van der Waals surface area contributed by atoms with E-state index in [1.807, 2.05) is 45.3 Å². The van der Waals surface area contributed by atoms with E-state index in [0.29, 0.717) is 0 Å². The van der Waals surface area contributed by atoms with Crippen molar-refractivity contribution in [3.63, 3.8) is 0 Å². The smallest absolute Gasteiger partial charge is 0.240 e. The van der Waals surface area contributed by atoms with Gasteiger partial charge in [-0.15, -0.1) is 11.3 Å². The third-order valence-corrected chi connectivity index (χ3v) is 3.93. The zero-order chi connectivity index (χ0) is 12.3. The zero-order valence-corrected chi connectivity index (χ0v) is 11.1.